The highest BCUT2D eigenvalue weighted by molar-refractivity contribution is 5.90. The van der Waals surface area contributed by atoms with Crippen LogP contribution in [0.4, 0.5) is 0 Å². The molecule has 3 unspecified atom stereocenters. The number of piperidine rings is 2. The Balaban J connectivity index is 0.957. The summed E-state index contributed by atoms with van der Waals surface area (Å²) >= 11 is 0. The first kappa shape index (κ1) is 45.7. The molecule has 5 aliphatic rings. The predicted octanol–water partition coefficient (Wildman–Crippen LogP) is 3.62. The van der Waals surface area contributed by atoms with Gasteiger partial charge in [-0.2, -0.15) is 0 Å². The Labute approximate surface area is 368 Å². The van der Waals surface area contributed by atoms with Gasteiger partial charge in [0.1, 0.15) is 31.6 Å². The Hall–Kier alpha value is -4.31. The van der Waals surface area contributed by atoms with Gasteiger partial charge < -0.3 is 35.0 Å². The standard InChI is InChI=1S/C49H67N7O6/c1-5-17-40-31-38-25-27-54(33-43(38)56(40)51-4)49(60)45(36-20-12-9-13-21-36)62-29-15-7-6-14-28-61-44(35-18-10-8-11-19-35)48(59)53-26-24-37-30-39-22-16-23-41(52-46(57)34(2)50-3)47(58)55(39)42(37)32-53/h8-13,18-21,34,37-45,48,50-51,59H,5,16-17,22-33H2,1-4H3,(H,52,57)/t34-,37+,38+,39-,40-,41-,42+,43+,44?,45?,48?/m0/s1. The van der Waals surface area contributed by atoms with Crippen molar-refractivity contribution in [2.45, 2.75) is 126 Å². The lowest BCUT2D eigenvalue weighted by Gasteiger charge is -2.43. The highest BCUT2D eigenvalue weighted by Crippen LogP contribution is 2.41. The fourth-order valence-electron chi connectivity index (χ4n) is 10.7. The smallest absolute Gasteiger partial charge is 0.256 e. The van der Waals surface area contributed by atoms with Crippen molar-refractivity contribution in [3.63, 3.8) is 0 Å². The van der Waals surface area contributed by atoms with Crippen LogP contribution in [0.15, 0.2) is 60.7 Å². The lowest BCUT2D eigenvalue weighted by Crippen LogP contribution is -2.58. The minimum absolute atomic E-state index is 0.0153. The highest BCUT2D eigenvalue weighted by atomic mass is 16.5. The number of amides is 3. The monoisotopic (exact) mass is 850 g/mol. The maximum Gasteiger partial charge on any atom is 0.256 e. The number of hydrogen-bond donors (Lipinski definition) is 4. The van der Waals surface area contributed by atoms with E-state index >= 15 is 0 Å². The predicted molar refractivity (Wildman–Crippen MR) is 238 cm³/mol. The van der Waals surface area contributed by atoms with Crippen LogP contribution in [0, 0.1) is 35.5 Å². The molecule has 13 nitrogen and oxygen atoms in total. The van der Waals surface area contributed by atoms with E-state index in [4.69, 9.17) is 9.47 Å². The number of fused-ring (bicyclic) bond motifs is 4. The van der Waals surface area contributed by atoms with Crippen LogP contribution in [0.25, 0.3) is 0 Å². The molecule has 5 aliphatic heterocycles. The first-order valence-electron chi connectivity index (χ1n) is 23.0. The van der Waals surface area contributed by atoms with Crippen LogP contribution in [0.2, 0.25) is 0 Å². The van der Waals surface area contributed by atoms with Crippen molar-refractivity contribution >= 4 is 17.7 Å². The number of aliphatic hydroxyl groups excluding tert-OH is 1. The summed E-state index contributed by atoms with van der Waals surface area (Å²) in [6, 6.07) is 19.2. The molecule has 13 heteroatoms. The summed E-state index contributed by atoms with van der Waals surface area (Å²) in [4.78, 5) is 46.9. The zero-order chi connectivity index (χ0) is 43.6. The molecule has 2 aromatic rings. The van der Waals surface area contributed by atoms with Gasteiger partial charge in [-0.3, -0.25) is 24.7 Å². The van der Waals surface area contributed by atoms with Gasteiger partial charge in [0.15, 0.2) is 6.10 Å². The van der Waals surface area contributed by atoms with Crippen LogP contribution < -0.4 is 16.1 Å². The number of benzene rings is 2. The molecule has 4 N–H and O–H groups in total. The second-order valence-electron chi connectivity index (χ2n) is 17.7. The van der Waals surface area contributed by atoms with E-state index in [-0.39, 0.29) is 49.1 Å². The maximum atomic E-state index is 14.1. The van der Waals surface area contributed by atoms with Gasteiger partial charge in [0.2, 0.25) is 11.8 Å². The number of likely N-dealkylation sites (tertiary alicyclic amines) is 2. The zero-order valence-corrected chi connectivity index (χ0v) is 37.0. The molecule has 2 aromatic carbocycles. The van der Waals surface area contributed by atoms with E-state index in [2.05, 4.69) is 51.7 Å². The summed E-state index contributed by atoms with van der Waals surface area (Å²) < 4.78 is 12.5. The number of rotatable bonds is 15. The van der Waals surface area contributed by atoms with Gasteiger partial charge in [-0.25, -0.2) is 5.01 Å². The number of carbonyl (C=O) groups excluding carboxylic acids is 3. The summed E-state index contributed by atoms with van der Waals surface area (Å²) in [5.41, 5.74) is 5.06. The molecule has 7 rings (SSSR count). The topological polar surface area (TPSA) is 139 Å². The van der Waals surface area contributed by atoms with Gasteiger partial charge in [0, 0.05) is 50.3 Å². The van der Waals surface area contributed by atoms with E-state index in [0.29, 0.717) is 50.5 Å². The molecule has 0 bridgehead atoms. The molecule has 0 aliphatic carbocycles. The van der Waals surface area contributed by atoms with E-state index < -0.39 is 30.5 Å². The van der Waals surface area contributed by atoms with E-state index in [1.54, 1.807) is 14.0 Å². The lowest BCUT2D eigenvalue weighted by molar-refractivity contribution is -0.146. The Morgan fingerprint density at radius 3 is 2.23 bits per heavy atom. The molecular formula is C49H67N7O6. The van der Waals surface area contributed by atoms with Crippen molar-refractivity contribution in [2.75, 3.05) is 53.5 Å². The molecular weight excluding hydrogens is 783 g/mol. The fraction of sp³-hybridized carbons (Fsp3) is 0.612. The maximum absolute atomic E-state index is 14.1. The van der Waals surface area contributed by atoms with Crippen LogP contribution in [0.3, 0.4) is 0 Å². The zero-order valence-electron chi connectivity index (χ0n) is 37.0. The quantitative estimate of drug-likeness (QED) is 0.197. The lowest BCUT2D eigenvalue weighted by atomic mass is 9.89. The molecule has 334 valence electrons. The molecule has 3 amide bonds. The molecule has 11 atom stereocenters. The van der Waals surface area contributed by atoms with Crippen molar-refractivity contribution in [2.24, 2.45) is 11.8 Å². The number of hydrogen-bond acceptors (Lipinski definition) is 10. The summed E-state index contributed by atoms with van der Waals surface area (Å²) in [5, 5.41) is 20.3. The highest BCUT2D eigenvalue weighted by Gasteiger charge is 2.50. The first-order valence-corrected chi connectivity index (χ1v) is 23.0. The largest absolute Gasteiger partial charge is 0.375 e. The number of carbonyl (C=O) groups is 3. The number of nitrogens with one attached hydrogen (secondary N) is 3. The SMILES string of the molecule is CCC[C@H]1C[C@H]2CCN(C(=O)C(OCC#CC#CCOC(c3ccccc3)C(O)N3CC[C@@H]4C[C@@H]5CCC[C@H](NC(=O)[C@H](C)NC)C(=O)N5[C@@H]4C3)c3ccccc3)C[C@H]2N1NC. The van der Waals surface area contributed by atoms with Crippen molar-refractivity contribution in [3.05, 3.63) is 71.8 Å². The van der Waals surface area contributed by atoms with Gasteiger partial charge in [0.05, 0.1) is 6.04 Å². The van der Waals surface area contributed by atoms with E-state index in [0.717, 1.165) is 56.1 Å². The molecule has 5 heterocycles. The average molecular weight is 850 g/mol. The number of aliphatic hydroxyl groups is 1. The first-order chi connectivity index (χ1) is 30.2. The van der Waals surface area contributed by atoms with Crippen LogP contribution in [-0.4, -0.2) is 139 Å². The molecule has 62 heavy (non-hydrogen) atoms. The summed E-state index contributed by atoms with van der Waals surface area (Å²) in [7, 11) is 3.72. The third kappa shape index (κ3) is 10.5. The average Bonchev–Trinajstić information content (AvgIpc) is 3.80. The second kappa shape index (κ2) is 21.9. The molecule has 0 radical (unpaired) electrons. The molecule has 0 saturated carbocycles. The van der Waals surface area contributed by atoms with Gasteiger partial charge in [-0.05, 0) is 107 Å². The molecule has 0 spiro atoms. The Morgan fingerprint density at radius 1 is 0.855 bits per heavy atom. The Kier molecular flexibility index (Phi) is 16.1. The molecule has 0 aromatic heterocycles. The Bertz CT molecular complexity index is 1930. The van der Waals surface area contributed by atoms with Crippen LogP contribution in [0.1, 0.15) is 95.0 Å². The van der Waals surface area contributed by atoms with Crippen LogP contribution >= 0.6 is 0 Å². The fourth-order valence-corrected chi connectivity index (χ4v) is 10.7. The van der Waals surface area contributed by atoms with E-state index in [9.17, 15) is 19.5 Å². The van der Waals surface area contributed by atoms with Crippen LogP contribution in [0.5, 0.6) is 0 Å². The number of likely N-dealkylation sites (N-methyl/N-ethyl adjacent to an activating group) is 1. The third-order valence-electron chi connectivity index (χ3n) is 14.0. The minimum Gasteiger partial charge on any atom is -0.375 e. The Morgan fingerprint density at radius 2 is 1.53 bits per heavy atom. The summed E-state index contributed by atoms with van der Waals surface area (Å²) in [6.07, 6.45) is 6.23. The number of nitrogens with zero attached hydrogens (tertiary/aromatic N) is 4. The van der Waals surface area contributed by atoms with Crippen molar-refractivity contribution in [3.8, 4) is 23.7 Å². The summed E-state index contributed by atoms with van der Waals surface area (Å²) in [6.45, 7) is 6.68. The number of ether oxygens (including phenoxy) is 2. The van der Waals surface area contributed by atoms with E-state index in [1.807, 2.05) is 82.4 Å². The van der Waals surface area contributed by atoms with Gasteiger partial charge in [-0.15, -0.1) is 0 Å². The normalized spacial score (nSPS) is 28.1. The van der Waals surface area contributed by atoms with Crippen molar-refractivity contribution in [1.29, 1.82) is 0 Å². The molecule has 5 saturated heterocycles. The van der Waals surface area contributed by atoms with Gasteiger partial charge >= 0.3 is 0 Å². The van der Waals surface area contributed by atoms with Gasteiger partial charge in [0.25, 0.3) is 5.91 Å². The van der Waals surface area contributed by atoms with E-state index in [1.165, 1.54) is 6.42 Å². The van der Waals surface area contributed by atoms with Crippen molar-refractivity contribution in [1.82, 2.24) is 35.8 Å². The summed E-state index contributed by atoms with van der Waals surface area (Å²) in [5.74, 6) is 12.4. The van der Waals surface area contributed by atoms with Gasteiger partial charge in [-0.1, -0.05) is 85.8 Å². The van der Waals surface area contributed by atoms with Crippen molar-refractivity contribution < 1.29 is 29.0 Å². The molecule has 5 fully saturated rings. The third-order valence-corrected chi connectivity index (χ3v) is 14.0. The number of hydrazine groups is 1. The van der Waals surface area contributed by atoms with Crippen LogP contribution in [-0.2, 0) is 23.9 Å². The minimum atomic E-state index is -0.973. The second-order valence-corrected chi connectivity index (χ2v) is 17.7.